The second-order valence-electron chi connectivity index (χ2n) is 5.11. The Morgan fingerprint density at radius 1 is 1.24 bits per heavy atom. The molecule has 0 aliphatic carbocycles. The topological polar surface area (TPSA) is 46.9 Å². The number of hydrogen-bond donors (Lipinski definition) is 1. The number of benzene rings is 1. The van der Waals surface area contributed by atoms with Crippen LogP contribution in [0.3, 0.4) is 0 Å². The van der Waals surface area contributed by atoms with Crippen LogP contribution in [0.25, 0.3) is 0 Å². The molecule has 1 unspecified atom stereocenters. The number of nitrogens with zero attached hydrogens (tertiary/aromatic N) is 2. The molecular weight excluding hydrogens is 309 g/mol. The first kappa shape index (κ1) is 15.9. The molecule has 1 aromatic carbocycles. The molecule has 0 aliphatic rings. The summed E-state index contributed by atoms with van der Waals surface area (Å²) in [6.45, 7) is 5.82. The lowest BCUT2D eigenvalue weighted by Crippen LogP contribution is -2.26. The Kier molecular flexibility index (Phi) is 4.91. The number of rotatable bonds is 4. The Bertz CT molecular complexity index is 698. The Morgan fingerprint density at radius 3 is 2.57 bits per heavy atom. The fourth-order valence-corrected chi connectivity index (χ4v) is 2.64. The van der Waals surface area contributed by atoms with Crippen molar-refractivity contribution in [3.63, 3.8) is 0 Å². The van der Waals surface area contributed by atoms with Crippen molar-refractivity contribution in [2.75, 3.05) is 5.32 Å². The Hall–Kier alpha value is -1.52. The summed E-state index contributed by atoms with van der Waals surface area (Å²) >= 11 is 12.1. The van der Waals surface area contributed by atoms with Crippen LogP contribution in [0.2, 0.25) is 10.0 Å². The Labute approximate surface area is 133 Å². The van der Waals surface area contributed by atoms with Gasteiger partial charge in [0.1, 0.15) is 0 Å². The Morgan fingerprint density at radius 2 is 1.95 bits per heavy atom. The van der Waals surface area contributed by atoms with Crippen molar-refractivity contribution in [1.82, 2.24) is 9.55 Å². The van der Waals surface area contributed by atoms with Crippen LogP contribution in [0.5, 0.6) is 0 Å². The van der Waals surface area contributed by atoms with E-state index >= 15 is 0 Å². The van der Waals surface area contributed by atoms with E-state index in [2.05, 4.69) is 10.3 Å². The monoisotopic (exact) mass is 325 g/mol. The zero-order valence-corrected chi connectivity index (χ0v) is 13.6. The highest BCUT2D eigenvalue weighted by atomic mass is 35.5. The van der Waals surface area contributed by atoms with Crippen LogP contribution in [-0.2, 0) is 0 Å². The molecule has 0 aliphatic heterocycles. The first-order valence-electron chi connectivity index (χ1n) is 6.68. The molecule has 1 atom stereocenters. The summed E-state index contributed by atoms with van der Waals surface area (Å²) in [5.74, 6) is 0.310. The van der Waals surface area contributed by atoms with Gasteiger partial charge >= 0.3 is 0 Å². The predicted molar refractivity (Wildman–Crippen MR) is 87.4 cm³/mol. The van der Waals surface area contributed by atoms with Gasteiger partial charge in [0.15, 0.2) is 5.82 Å². The molecule has 0 saturated carbocycles. The van der Waals surface area contributed by atoms with E-state index in [0.29, 0.717) is 15.9 Å². The third-order valence-electron chi connectivity index (χ3n) is 3.21. The summed E-state index contributed by atoms with van der Waals surface area (Å²) < 4.78 is 1.63. The van der Waals surface area contributed by atoms with Gasteiger partial charge in [-0.15, -0.1) is 0 Å². The van der Waals surface area contributed by atoms with E-state index in [9.17, 15) is 4.79 Å². The molecule has 1 N–H and O–H groups in total. The number of nitrogens with one attached hydrogen (secondary N) is 1. The Balaban J connectivity index is 2.30. The highest BCUT2D eigenvalue weighted by Gasteiger charge is 2.14. The molecular formula is C15H17Cl2N3O. The molecule has 0 fully saturated rings. The lowest BCUT2D eigenvalue weighted by molar-refractivity contribution is 0.574. The van der Waals surface area contributed by atoms with E-state index in [0.717, 1.165) is 5.56 Å². The van der Waals surface area contributed by atoms with Crippen molar-refractivity contribution in [3.8, 4) is 0 Å². The van der Waals surface area contributed by atoms with E-state index in [1.54, 1.807) is 29.1 Å². The molecule has 2 aromatic rings. The average Bonchev–Trinajstić information content (AvgIpc) is 2.40. The minimum absolute atomic E-state index is 0.0791. The van der Waals surface area contributed by atoms with Crippen molar-refractivity contribution in [2.45, 2.75) is 32.9 Å². The second-order valence-corrected chi connectivity index (χ2v) is 5.96. The summed E-state index contributed by atoms with van der Waals surface area (Å²) in [4.78, 5) is 16.4. The summed E-state index contributed by atoms with van der Waals surface area (Å²) in [6, 6.07) is 5.22. The highest BCUT2D eigenvalue weighted by Crippen LogP contribution is 2.27. The van der Waals surface area contributed by atoms with Gasteiger partial charge in [-0.3, -0.25) is 4.79 Å². The third kappa shape index (κ3) is 3.57. The molecule has 1 aromatic heterocycles. The minimum atomic E-state index is -0.155. The van der Waals surface area contributed by atoms with Crippen molar-refractivity contribution in [1.29, 1.82) is 0 Å². The van der Waals surface area contributed by atoms with Gasteiger partial charge in [0, 0.05) is 28.5 Å². The van der Waals surface area contributed by atoms with Gasteiger partial charge in [-0.05, 0) is 38.5 Å². The van der Waals surface area contributed by atoms with Crippen molar-refractivity contribution >= 4 is 29.0 Å². The summed E-state index contributed by atoms with van der Waals surface area (Å²) in [7, 11) is 0. The standard InChI is InChI=1S/C15H17Cl2N3O/c1-9(2)20-7-6-18-14(15(20)21)19-10(3)12-5-4-11(16)8-13(12)17/h4-10H,1-3H3,(H,18,19). The maximum absolute atomic E-state index is 12.3. The third-order valence-corrected chi connectivity index (χ3v) is 3.77. The smallest absolute Gasteiger partial charge is 0.293 e. The number of halogens is 2. The van der Waals surface area contributed by atoms with E-state index in [1.165, 1.54) is 0 Å². The first-order chi connectivity index (χ1) is 9.90. The lowest BCUT2D eigenvalue weighted by atomic mass is 10.1. The van der Waals surface area contributed by atoms with E-state index in [1.807, 2.05) is 26.8 Å². The minimum Gasteiger partial charge on any atom is -0.359 e. The maximum Gasteiger partial charge on any atom is 0.293 e. The number of aromatic nitrogens is 2. The van der Waals surface area contributed by atoms with Crippen LogP contribution in [-0.4, -0.2) is 9.55 Å². The van der Waals surface area contributed by atoms with Crippen molar-refractivity contribution in [2.24, 2.45) is 0 Å². The second kappa shape index (κ2) is 6.50. The van der Waals surface area contributed by atoms with Gasteiger partial charge in [-0.2, -0.15) is 0 Å². The molecule has 112 valence electrons. The fourth-order valence-electron chi connectivity index (χ4n) is 2.07. The quantitative estimate of drug-likeness (QED) is 0.911. The molecule has 0 radical (unpaired) electrons. The van der Waals surface area contributed by atoms with Gasteiger partial charge in [0.05, 0.1) is 6.04 Å². The first-order valence-corrected chi connectivity index (χ1v) is 7.44. The van der Waals surface area contributed by atoms with E-state index < -0.39 is 0 Å². The number of hydrogen-bond acceptors (Lipinski definition) is 3. The molecule has 2 rings (SSSR count). The lowest BCUT2D eigenvalue weighted by Gasteiger charge is -2.17. The van der Waals surface area contributed by atoms with Crippen LogP contribution >= 0.6 is 23.2 Å². The summed E-state index contributed by atoms with van der Waals surface area (Å²) in [5.41, 5.74) is 0.714. The van der Waals surface area contributed by atoms with Crippen LogP contribution in [0.1, 0.15) is 38.4 Å². The van der Waals surface area contributed by atoms with E-state index in [4.69, 9.17) is 23.2 Å². The maximum atomic E-state index is 12.3. The average molecular weight is 326 g/mol. The SMILES string of the molecule is CC(Nc1nccn(C(C)C)c1=O)c1ccc(Cl)cc1Cl. The van der Waals surface area contributed by atoms with Crippen LogP contribution in [0.4, 0.5) is 5.82 Å². The largest absolute Gasteiger partial charge is 0.359 e. The zero-order valence-electron chi connectivity index (χ0n) is 12.1. The van der Waals surface area contributed by atoms with Crippen LogP contribution < -0.4 is 10.9 Å². The van der Waals surface area contributed by atoms with Gasteiger partial charge < -0.3 is 9.88 Å². The molecule has 0 spiro atoms. The molecule has 0 amide bonds. The summed E-state index contributed by atoms with van der Waals surface area (Å²) in [6.07, 6.45) is 3.29. The normalized spacial score (nSPS) is 12.5. The molecule has 21 heavy (non-hydrogen) atoms. The molecule has 4 nitrogen and oxygen atoms in total. The van der Waals surface area contributed by atoms with Gasteiger partial charge in [0.25, 0.3) is 5.56 Å². The zero-order chi connectivity index (χ0) is 15.6. The van der Waals surface area contributed by atoms with Gasteiger partial charge in [0.2, 0.25) is 0 Å². The molecule has 0 bridgehead atoms. The number of anilines is 1. The van der Waals surface area contributed by atoms with Gasteiger partial charge in [-0.1, -0.05) is 29.3 Å². The van der Waals surface area contributed by atoms with Gasteiger partial charge in [-0.25, -0.2) is 4.98 Å². The van der Waals surface area contributed by atoms with Crippen molar-refractivity contribution in [3.05, 3.63) is 56.6 Å². The van der Waals surface area contributed by atoms with Crippen LogP contribution in [0, 0.1) is 0 Å². The van der Waals surface area contributed by atoms with E-state index in [-0.39, 0.29) is 17.6 Å². The molecule has 1 heterocycles. The molecule has 0 saturated heterocycles. The van der Waals surface area contributed by atoms with Crippen molar-refractivity contribution < 1.29 is 0 Å². The predicted octanol–water partition coefficient (Wildman–Crippen LogP) is 4.30. The summed E-state index contributed by atoms with van der Waals surface area (Å²) in [5, 5.41) is 4.25. The van der Waals surface area contributed by atoms with Crippen LogP contribution in [0.15, 0.2) is 35.4 Å². The fraction of sp³-hybridized carbons (Fsp3) is 0.333. The molecule has 6 heteroatoms. The highest BCUT2D eigenvalue weighted by molar-refractivity contribution is 6.35.